The van der Waals surface area contributed by atoms with Gasteiger partial charge >= 0.3 is 0 Å². The van der Waals surface area contributed by atoms with Crippen LogP contribution >= 0.6 is 27.5 Å². The molecule has 8 heteroatoms. The molecule has 0 saturated carbocycles. The van der Waals surface area contributed by atoms with E-state index in [1.807, 2.05) is 4.57 Å². The molecule has 1 aromatic heterocycles. The second-order valence-corrected chi connectivity index (χ2v) is 5.94. The van der Waals surface area contributed by atoms with Gasteiger partial charge in [0.1, 0.15) is 11.4 Å². The highest BCUT2D eigenvalue weighted by Crippen LogP contribution is 2.35. The molecule has 0 spiro atoms. The standard InChI is InChI=1S/C13H14BrClN4O2/c1-8(2)7-18-11(6-14)16-17-13(18)12-9(15)4-3-5-10(12)19(20)21/h3-5,8H,6-7H2,1-2H3. The Morgan fingerprint density at radius 3 is 2.71 bits per heavy atom. The Hall–Kier alpha value is -1.47. The zero-order valence-electron chi connectivity index (χ0n) is 11.6. The Kier molecular flexibility index (Phi) is 4.95. The molecule has 0 amide bonds. The molecule has 2 aromatic rings. The quantitative estimate of drug-likeness (QED) is 0.450. The van der Waals surface area contributed by atoms with Crippen molar-refractivity contribution in [3.8, 4) is 11.4 Å². The van der Waals surface area contributed by atoms with Crippen LogP contribution < -0.4 is 0 Å². The summed E-state index contributed by atoms with van der Waals surface area (Å²) in [5.41, 5.74) is 0.241. The summed E-state index contributed by atoms with van der Waals surface area (Å²) in [6.07, 6.45) is 0. The van der Waals surface area contributed by atoms with Gasteiger partial charge in [-0.05, 0) is 12.0 Å². The van der Waals surface area contributed by atoms with E-state index in [9.17, 15) is 10.1 Å². The van der Waals surface area contributed by atoms with Gasteiger partial charge in [-0.15, -0.1) is 10.2 Å². The zero-order valence-corrected chi connectivity index (χ0v) is 13.9. The molecule has 21 heavy (non-hydrogen) atoms. The van der Waals surface area contributed by atoms with Gasteiger partial charge in [-0.2, -0.15) is 0 Å². The van der Waals surface area contributed by atoms with E-state index in [4.69, 9.17) is 11.6 Å². The lowest BCUT2D eigenvalue weighted by atomic mass is 10.1. The van der Waals surface area contributed by atoms with Crippen molar-refractivity contribution in [2.75, 3.05) is 0 Å². The molecule has 6 nitrogen and oxygen atoms in total. The number of nitro benzene ring substituents is 1. The van der Waals surface area contributed by atoms with E-state index >= 15 is 0 Å². The Balaban J connectivity index is 2.67. The minimum absolute atomic E-state index is 0.0685. The van der Waals surface area contributed by atoms with Crippen molar-refractivity contribution in [3.05, 3.63) is 39.2 Å². The fraction of sp³-hybridized carbons (Fsp3) is 0.385. The largest absolute Gasteiger partial charge is 0.310 e. The summed E-state index contributed by atoms with van der Waals surface area (Å²) >= 11 is 9.53. The monoisotopic (exact) mass is 372 g/mol. The highest BCUT2D eigenvalue weighted by atomic mass is 79.9. The lowest BCUT2D eigenvalue weighted by Crippen LogP contribution is -2.10. The van der Waals surface area contributed by atoms with Gasteiger partial charge in [0.2, 0.25) is 0 Å². The van der Waals surface area contributed by atoms with Crippen LogP contribution in [-0.2, 0) is 11.9 Å². The molecule has 0 radical (unpaired) electrons. The first-order valence-electron chi connectivity index (χ1n) is 6.37. The Morgan fingerprint density at radius 2 is 2.14 bits per heavy atom. The molecule has 1 aromatic carbocycles. The maximum absolute atomic E-state index is 11.2. The average molecular weight is 374 g/mol. The summed E-state index contributed by atoms with van der Waals surface area (Å²) in [4.78, 5) is 10.8. The summed E-state index contributed by atoms with van der Waals surface area (Å²) in [6, 6.07) is 4.59. The topological polar surface area (TPSA) is 73.8 Å². The fourth-order valence-corrected chi connectivity index (χ4v) is 2.73. The van der Waals surface area contributed by atoms with Crippen LogP contribution in [0.2, 0.25) is 5.02 Å². The molecule has 0 aliphatic heterocycles. The van der Waals surface area contributed by atoms with Gasteiger partial charge < -0.3 is 4.57 Å². The number of hydrogen-bond acceptors (Lipinski definition) is 4. The Bertz CT molecular complexity index is 672. The van der Waals surface area contributed by atoms with Crippen LogP contribution in [0.15, 0.2) is 18.2 Å². The van der Waals surface area contributed by atoms with Crippen molar-refractivity contribution in [1.82, 2.24) is 14.8 Å². The van der Waals surface area contributed by atoms with Gasteiger partial charge in [-0.3, -0.25) is 10.1 Å². The van der Waals surface area contributed by atoms with Gasteiger partial charge in [0.25, 0.3) is 5.69 Å². The molecular formula is C13H14BrClN4O2. The molecule has 0 aliphatic rings. The van der Waals surface area contributed by atoms with Crippen LogP contribution in [-0.4, -0.2) is 19.7 Å². The first kappa shape index (κ1) is 15.9. The Morgan fingerprint density at radius 1 is 1.43 bits per heavy atom. The molecule has 0 bridgehead atoms. The first-order valence-corrected chi connectivity index (χ1v) is 7.87. The number of aromatic nitrogens is 3. The molecule has 0 fully saturated rings. The number of nitro groups is 1. The average Bonchev–Trinajstić information content (AvgIpc) is 2.80. The molecule has 0 aliphatic carbocycles. The van der Waals surface area contributed by atoms with E-state index in [0.29, 0.717) is 40.0 Å². The molecule has 1 heterocycles. The maximum atomic E-state index is 11.2. The van der Waals surface area contributed by atoms with Gasteiger partial charge in [0, 0.05) is 12.6 Å². The third-order valence-corrected chi connectivity index (χ3v) is 3.72. The van der Waals surface area contributed by atoms with E-state index < -0.39 is 4.92 Å². The molecule has 112 valence electrons. The van der Waals surface area contributed by atoms with Crippen molar-refractivity contribution in [3.63, 3.8) is 0 Å². The van der Waals surface area contributed by atoms with Crippen LogP contribution in [0.4, 0.5) is 5.69 Å². The fourth-order valence-electron chi connectivity index (χ4n) is 2.06. The van der Waals surface area contributed by atoms with Crippen molar-refractivity contribution < 1.29 is 4.92 Å². The third kappa shape index (κ3) is 3.24. The second kappa shape index (κ2) is 6.53. The number of nitrogens with zero attached hydrogens (tertiary/aromatic N) is 4. The van der Waals surface area contributed by atoms with Crippen molar-refractivity contribution in [1.29, 1.82) is 0 Å². The van der Waals surface area contributed by atoms with E-state index in [2.05, 4.69) is 40.0 Å². The lowest BCUT2D eigenvalue weighted by Gasteiger charge is -2.12. The number of benzene rings is 1. The van der Waals surface area contributed by atoms with Crippen molar-refractivity contribution in [2.24, 2.45) is 5.92 Å². The van der Waals surface area contributed by atoms with Crippen LogP contribution in [0.3, 0.4) is 0 Å². The smallest absolute Gasteiger partial charge is 0.281 e. The molecule has 0 atom stereocenters. The minimum Gasteiger partial charge on any atom is -0.310 e. The summed E-state index contributed by atoms with van der Waals surface area (Å²) in [6.45, 7) is 4.78. The number of hydrogen-bond donors (Lipinski definition) is 0. The molecule has 0 N–H and O–H groups in total. The van der Waals surface area contributed by atoms with E-state index in [-0.39, 0.29) is 5.69 Å². The van der Waals surface area contributed by atoms with Gasteiger partial charge in [-0.1, -0.05) is 47.4 Å². The van der Waals surface area contributed by atoms with Crippen LogP contribution in [0.5, 0.6) is 0 Å². The molecule has 0 saturated heterocycles. The van der Waals surface area contributed by atoms with Gasteiger partial charge in [-0.25, -0.2) is 0 Å². The summed E-state index contributed by atoms with van der Waals surface area (Å²) < 4.78 is 1.87. The number of rotatable bonds is 5. The first-order chi connectivity index (χ1) is 9.95. The Labute approximate surface area is 135 Å². The minimum atomic E-state index is -0.455. The predicted octanol–water partition coefficient (Wildman–Crippen LogP) is 4.06. The summed E-state index contributed by atoms with van der Waals surface area (Å²) in [5, 5.41) is 20.2. The van der Waals surface area contributed by atoms with Crippen LogP contribution in [0.1, 0.15) is 19.7 Å². The van der Waals surface area contributed by atoms with Gasteiger partial charge in [0.15, 0.2) is 5.82 Å². The van der Waals surface area contributed by atoms with E-state index in [1.165, 1.54) is 6.07 Å². The van der Waals surface area contributed by atoms with Crippen LogP contribution in [0, 0.1) is 16.0 Å². The molecular weight excluding hydrogens is 360 g/mol. The second-order valence-electron chi connectivity index (χ2n) is 4.97. The zero-order chi connectivity index (χ0) is 15.6. The van der Waals surface area contributed by atoms with Gasteiger partial charge in [0.05, 0.1) is 15.3 Å². The lowest BCUT2D eigenvalue weighted by molar-refractivity contribution is -0.384. The third-order valence-electron chi connectivity index (χ3n) is 2.91. The highest BCUT2D eigenvalue weighted by molar-refractivity contribution is 9.08. The number of alkyl halides is 1. The highest BCUT2D eigenvalue weighted by Gasteiger charge is 2.24. The van der Waals surface area contributed by atoms with E-state index in [1.54, 1.807) is 12.1 Å². The van der Waals surface area contributed by atoms with Crippen molar-refractivity contribution in [2.45, 2.75) is 25.7 Å². The van der Waals surface area contributed by atoms with Crippen molar-refractivity contribution >= 4 is 33.2 Å². The molecule has 2 rings (SSSR count). The number of halogens is 2. The summed E-state index contributed by atoms with van der Waals surface area (Å²) in [7, 11) is 0. The normalized spacial score (nSPS) is 11.1. The molecule has 0 unspecified atom stereocenters. The summed E-state index contributed by atoms with van der Waals surface area (Å²) in [5.74, 6) is 1.49. The maximum Gasteiger partial charge on any atom is 0.281 e. The van der Waals surface area contributed by atoms with E-state index in [0.717, 1.165) is 0 Å². The SMILES string of the molecule is CC(C)Cn1c(CBr)nnc1-c1c(Cl)cccc1[N+](=O)[O-]. The van der Waals surface area contributed by atoms with Crippen LogP contribution in [0.25, 0.3) is 11.4 Å². The predicted molar refractivity (Wildman–Crippen MR) is 84.6 cm³/mol.